The van der Waals surface area contributed by atoms with Gasteiger partial charge in [0.05, 0.1) is 5.69 Å². The molecular weight excluding hydrogens is 278 g/mol. The lowest BCUT2D eigenvalue weighted by atomic mass is 9.96. The van der Waals surface area contributed by atoms with Crippen LogP contribution < -0.4 is 5.73 Å². The van der Waals surface area contributed by atoms with Crippen LogP contribution in [-0.4, -0.2) is 9.38 Å². The summed E-state index contributed by atoms with van der Waals surface area (Å²) < 4.78 is 2.05. The number of imidazole rings is 1. The van der Waals surface area contributed by atoms with Crippen molar-refractivity contribution in [2.24, 2.45) is 5.73 Å². The summed E-state index contributed by atoms with van der Waals surface area (Å²) in [5, 5.41) is 4.50. The van der Waals surface area contributed by atoms with Crippen molar-refractivity contribution < 1.29 is 0 Å². The lowest BCUT2D eigenvalue weighted by molar-refractivity contribution is 0.716. The van der Waals surface area contributed by atoms with E-state index in [9.17, 15) is 0 Å². The zero-order valence-corrected chi connectivity index (χ0v) is 12.3. The predicted octanol–water partition coefficient (Wildman–Crippen LogP) is 3.79. The van der Waals surface area contributed by atoms with E-state index < -0.39 is 0 Å². The van der Waals surface area contributed by atoms with Crippen LogP contribution >= 0.6 is 11.3 Å². The second-order valence-electron chi connectivity index (χ2n) is 5.20. The van der Waals surface area contributed by atoms with E-state index in [4.69, 9.17) is 5.73 Å². The van der Waals surface area contributed by atoms with E-state index >= 15 is 0 Å². The number of hydrogen-bond acceptors (Lipinski definition) is 3. The Morgan fingerprint density at radius 3 is 2.90 bits per heavy atom. The maximum absolute atomic E-state index is 6.44. The third kappa shape index (κ3) is 2.22. The van der Waals surface area contributed by atoms with Crippen LogP contribution in [-0.2, 0) is 6.42 Å². The fourth-order valence-corrected chi connectivity index (χ4v) is 3.50. The highest BCUT2D eigenvalue weighted by Crippen LogP contribution is 2.25. The molecular formula is C17H15N3S. The van der Waals surface area contributed by atoms with Crippen molar-refractivity contribution in [3.8, 4) is 0 Å². The highest BCUT2D eigenvalue weighted by molar-refractivity contribution is 7.15. The Hall–Kier alpha value is -2.17. The highest BCUT2D eigenvalue weighted by Gasteiger charge is 2.12. The van der Waals surface area contributed by atoms with Gasteiger partial charge in [-0.15, -0.1) is 11.3 Å². The molecule has 0 fully saturated rings. The molecule has 0 saturated heterocycles. The topological polar surface area (TPSA) is 43.3 Å². The van der Waals surface area contributed by atoms with Gasteiger partial charge in [0.15, 0.2) is 4.96 Å². The Labute approximate surface area is 126 Å². The molecule has 3 nitrogen and oxygen atoms in total. The van der Waals surface area contributed by atoms with Gasteiger partial charge in [-0.3, -0.25) is 4.40 Å². The van der Waals surface area contributed by atoms with Gasteiger partial charge < -0.3 is 5.73 Å². The largest absolute Gasteiger partial charge is 0.324 e. The summed E-state index contributed by atoms with van der Waals surface area (Å²) in [6.45, 7) is 0. The van der Waals surface area contributed by atoms with Crippen LogP contribution in [0.1, 0.15) is 17.3 Å². The predicted molar refractivity (Wildman–Crippen MR) is 87.6 cm³/mol. The van der Waals surface area contributed by atoms with Crippen molar-refractivity contribution in [2.45, 2.75) is 12.5 Å². The van der Waals surface area contributed by atoms with Gasteiger partial charge >= 0.3 is 0 Å². The van der Waals surface area contributed by atoms with Crippen LogP contribution in [0.15, 0.2) is 60.2 Å². The summed E-state index contributed by atoms with van der Waals surface area (Å²) in [5.74, 6) is 0. The third-order valence-electron chi connectivity index (χ3n) is 3.80. The van der Waals surface area contributed by atoms with Crippen molar-refractivity contribution in [3.05, 3.63) is 71.5 Å². The molecule has 0 aliphatic carbocycles. The maximum Gasteiger partial charge on any atom is 0.193 e. The second kappa shape index (κ2) is 4.98. The number of nitrogens with two attached hydrogens (primary N) is 1. The number of aromatic nitrogens is 2. The zero-order chi connectivity index (χ0) is 14.2. The first-order valence-electron chi connectivity index (χ1n) is 6.95. The molecule has 21 heavy (non-hydrogen) atoms. The quantitative estimate of drug-likeness (QED) is 0.624. The number of benzene rings is 2. The van der Waals surface area contributed by atoms with Gasteiger partial charge in [0.1, 0.15) is 0 Å². The Morgan fingerprint density at radius 2 is 2.00 bits per heavy atom. The van der Waals surface area contributed by atoms with Crippen molar-refractivity contribution in [2.75, 3.05) is 0 Å². The second-order valence-corrected chi connectivity index (χ2v) is 6.08. The van der Waals surface area contributed by atoms with Gasteiger partial charge in [-0.1, -0.05) is 42.5 Å². The summed E-state index contributed by atoms with van der Waals surface area (Å²) in [6.07, 6.45) is 4.85. The first kappa shape index (κ1) is 12.6. The minimum Gasteiger partial charge on any atom is -0.324 e. The molecule has 0 spiro atoms. The van der Waals surface area contributed by atoms with E-state index in [1.807, 2.05) is 11.6 Å². The van der Waals surface area contributed by atoms with E-state index in [0.29, 0.717) is 0 Å². The molecule has 0 bridgehead atoms. The van der Waals surface area contributed by atoms with Gasteiger partial charge in [-0.25, -0.2) is 4.98 Å². The lowest BCUT2D eigenvalue weighted by Gasteiger charge is -2.13. The molecule has 0 amide bonds. The van der Waals surface area contributed by atoms with E-state index in [0.717, 1.165) is 17.1 Å². The summed E-state index contributed by atoms with van der Waals surface area (Å²) in [7, 11) is 0. The smallest absolute Gasteiger partial charge is 0.193 e. The fraction of sp³-hybridized carbons (Fsp3) is 0.118. The molecule has 2 heterocycles. The standard InChI is InChI=1S/C17H15N3S/c18-16(10-13-11-20-8-9-21-17(20)19-13)15-7-3-5-12-4-1-2-6-14(12)15/h1-9,11,16H,10,18H2. The molecule has 2 N–H and O–H groups in total. The molecule has 4 aromatic rings. The van der Waals surface area contributed by atoms with Gasteiger partial charge in [-0.05, 0) is 16.3 Å². The van der Waals surface area contributed by atoms with Crippen LogP contribution in [0.5, 0.6) is 0 Å². The van der Waals surface area contributed by atoms with Crippen LogP contribution in [0, 0.1) is 0 Å². The number of hydrogen-bond donors (Lipinski definition) is 1. The van der Waals surface area contributed by atoms with E-state index in [2.05, 4.69) is 58.0 Å². The zero-order valence-electron chi connectivity index (χ0n) is 11.4. The first-order valence-corrected chi connectivity index (χ1v) is 7.83. The normalized spacial score (nSPS) is 13.0. The summed E-state index contributed by atoms with van der Waals surface area (Å²) >= 11 is 1.64. The molecule has 2 aromatic carbocycles. The summed E-state index contributed by atoms with van der Waals surface area (Å²) in [5.41, 5.74) is 8.67. The minimum atomic E-state index is -0.0410. The molecule has 0 aliphatic heterocycles. The van der Waals surface area contributed by atoms with Crippen molar-refractivity contribution >= 4 is 27.1 Å². The van der Waals surface area contributed by atoms with Crippen LogP contribution in [0.3, 0.4) is 0 Å². The van der Waals surface area contributed by atoms with Crippen molar-refractivity contribution in [3.63, 3.8) is 0 Å². The van der Waals surface area contributed by atoms with E-state index in [1.54, 1.807) is 11.3 Å². The van der Waals surface area contributed by atoms with Crippen molar-refractivity contribution in [1.29, 1.82) is 0 Å². The van der Waals surface area contributed by atoms with Gasteiger partial charge in [0.2, 0.25) is 0 Å². The minimum absolute atomic E-state index is 0.0410. The van der Waals surface area contributed by atoms with Crippen LogP contribution in [0.25, 0.3) is 15.7 Å². The van der Waals surface area contributed by atoms with E-state index in [1.165, 1.54) is 16.3 Å². The van der Waals surface area contributed by atoms with E-state index in [-0.39, 0.29) is 6.04 Å². The van der Waals surface area contributed by atoms with Crippen molar-refractivity contribution in [1.82, 2.24) is 9.38 Å². The SMILES string of the molecule is NC(Cc1cn2ccsc2n1)c1cccc2ccccc12. The Kier molecular flexibility index (Phi) is 2.98. The molecule has 0 aliphatic rings. The molecule has 0 radical (unpaired) electrons. The molecule has 2 aromatic heterocycles. The van der Waals surface area contributed by atoms with Gasteiger partial charge in [0, 0.05) is 30.2 Å². The van der Waals surface area contributed by atoms with Crippen LogP contribution in [0.4, 0.5) is 0 Å². The van der Waals surface area contributed by atoms with Crippen LogP contribution in [0.2, 0.25) is 0 Å². The average Bonchev–Trinajstić information content (AvgIpc) is 3.07. The molecule has 4 rings (SSSR count). The molecule has 1 unspecified atom stereocenters. The molecule has 0 saturated carbocycles. The summed E-state index contributed by atoms with van der Waals surface area (Å²) in [6, 6.07) is 14.6. The fourth-order valence-electron chi connectivity index (χ4n) is 2.78. The number of fused-ring (bicyclic) bond motifs is 2. The molecule has 1 atom stereocenters. The lowest BCUT2D eigenvalue weighted by Crippen LogP contribution is -2.14. The molecule has 104 valence electrons. The number of rotatable bonds is 3. The van der Waals surface area contributed by atoms with Gasteiger partial charge in [-0.2, -0.15) is 0 Å². The Balaban J connectivity index is 1.69. The monoisotopic (exact) mass is 293 g/mol. The Bertz CT molecular complexity index is 873. The Morgan fingerprint density at radius 1 is 1.14 bits per heavy atom. The maximum atomic E-state index is 6.44. The average molecular weight is 293 g/mol. The first-order chi connectivity index (χ1) is 10.3. The third-order valence-corrected chi connectivity index (χ3v) is 4.57. The number of thiazole rings is 1. The summed E-state index contributed by atoms with van der Waals surface area (Å²) in [4.78, 5) is 5.64. The highest BCUT2D eigenvalue weighted by atomic mass is 32.1. The number of nitrogens with zero attached hydrogens (tertiary/aromatic N) is 2. The van der Waals surface area contributed by atoms with Gasteiger partial charge in [0.25, 0.3) is 0 Å². The molecule has 4 heteroatoms.